The van der Waals surface area contributed by atoms with Crippen LogP contribution in [0.5, 0.6) is 0 Å². The van der Waals surface area contributed by atoms with Gasteiger partial charge in [0.2, 0.25) is 0 Å². The van der Waals surface area contributed by atoms with Crippen LogP contribution in [0.3, 0.4) is 0 Å². The molecule has 0 spiro atoms. The van der Waals surface area contributed by atoms with Crippen LogP contribution in [-0.2, 0) is 16.3 Å². The van der Waals surface area contributed by atoms with Crippen molar-refractivity contribution in [3.05, 3.63) is 29.8 Å². The number of hydrogen-bond acceptors (Lipinski definition) is 3. The van der Waals surface area contributed by atoms with E-state index < -0.39 is 10.1 Å². The van der Waals surface area contributed by atoms with Crippen LogP contribution in [0, 0.1) is 0 Å². The van der Waals surface area contributed by atoms with E-state index in [-0.39, 0.29) is 52.7 Å². The molecule has 0 aromatic heterocycles. The largest absolute Gasteiger partial charge is 1.00 e. The van der Waals surface area contributed by atoms with E-state index in [9.17, 15) is 13.0 Å². The molecule has 1 aromatic rings. The Bertz CT molecular complexity index is 540. The standard InChI is InChI=1S/C15H25O3PS.Na/c1-14(2,3)19(15(4,5)6)11-12-7-9-13(10-8-12)20(16,17)18;/h7-10H,11H2,1-6H3,(H,16,17,18);/q;+1/p-1. The summed E-state index contributed by atoms with van der Waals surface area (Å²) in [7, 11) is -4.63. The molecule has 0 saturated heterocycles. The molecule has 1 rings (SSSR count). The quantitative estimate of drug-likeness (QED) is 0.472. The summed E-state index contributed by atoms with van der Waals surface area (Å²) in [5.74, 6) is 0. The van der Waals surface area contributed by atoms with Gasteiger partial charge in [0, 0.05) is 0 Å². The third-order valence-corrected chi connectivity index (χ3v) is 7.94. The Balaban J connectivity index is 0.00000400. The fraction of sp³-hybridized carbons (Fsp3) is 0.600. The Labute approximate surface area is 152 Å². The predicted molar refractivity (Wildman–Crippen MR) is 84.5 cm³/mol. The maximum absolute atomic E-state index is 10.9. The molecule has 0 aliphatic rings. The molecule has 0 aliphatic heterocycles. The average Bonchev–Trinajstić information content (AvgIpc) is 2.22. The summed E-state index contributed by atoms with van der Waals surface area (Å²) in [6, 6.07) is 6.35. The zero-order valence-corrected chi connectivity index (χ0v) is 17.8. The number of rotatable bonds is 3. The molecular weight excluding hydrogens is 314 g/mol. The van der Waals surface area contributed by atoms with Gasteiger partial charge in [0.05, 0.1) is 4.90 Å². The second kappa shape index (κ2) is 7.42. The summed E-state index contributed by atoms with van der Waals surface area (Å²) in [5, 5.41) is 0.438. The second-order valence-corrected chi connectivity index (χ2v) is 12.3. The van der Waals surface area contributed by atoms with Gasteiger partial charge in [-0.3, -0.25) is 0 Å². The molecule has 6 heteroatoms. The molecule has 3 nitrogen and oxygen atoms in total. The van der Waals surface area contributed by atoms with Gasteiger partial charge in [0.15, 0.2) is 0 Å². The predicted octanol–water partition coefficient (Wildman–Crippen LogP) is 1.17. The van der Waals surface area contributed by atoms with Gasteiger partial charge in [-0.15, -0.1) is 0 Å². The van der Waals surface area contributed by atoms with Crippen molar-refractivity contribution in [1.29, 1.82) is 0 Å². The van der Waals surface area contributed by atoms with Gasteiger partial charge in [-0.1, -0.05) is 61.6 Å². The van der Waals surface area contributed by atoms with E-state index in [0.717, 1.165) is 11.7 Å². The molecule has 0 amide bonds. The van der Waals surface area contributed by atoms with Crippen molar-refractivity contribution in [2.45, 2.75) is 62.9 Å². The van der Waals surface area contributed by atoms with E-state index in [2.05, 4.69) is 41.5 Å². The molecule has 1 aromatic carbocycles. The van der Waals surface area contributed by atoms with E-state index in [1.807, 2.05) is 0 Å². The first kappa shape index (κ1) is 21.6. The monoisotopic (exact) mass is 338 g/mol. The Kier molecular flexibility index (Phi) is 7.62. The Morgan fingerprint density at radius 1 is 0.952 bits per heavy atom. The van der Waals surface area contributed by atoms with Crippen LogP contribution < -0.4 is 29.6 Å². The van der Waals surface area contributed by atoms with Crippen molar-refractivity contribution < 1.29 is 42.5 Å². The molecular formula is C15H24NaO3PS. The maximum Gasteiger partial charge on any atom is 1.00 e. The van der Waals surface area contributed by atoms with Crippen LogP contribution >= 0.6 is 7.92 Å². The minimum absolute atomic E-state index is 0. The molecule has 0 atom stereocenters. The molecule has 0 saturated carbocycles. The smallest absolute Gasteiger partial charge is 0.744 e. The molecule has 0 radical (unpaired) electrons. The maximum atomic E-state index is 10.9. The summed E-state index contributed by atoms with van der Waals surface area (Å²) >= 11 is 0. The van der Waals surface area contributed by atoms with Crippen LogP contribution in [0.15, 0.2) is 29.2 Å². The Morgan fingerprint density at radius 3 is 1.62 bits per heavy atom. The molecule has 21 heavy (non-hydrogen) atoms. The van der Waals surface area contributed by atoms with Crippen molar-refractivity contribution in [3.63, 3.8) is 0 Å². The first-order chi connectivity index (χ1) is 8.82. The first-order valence-corrected chi connectivity index (χ1v) is 9.58. The third kappa shape index (κ3) is 6.68. The number of benzene rings is 1. The van der Waals surface area contributed by atoms with Crippen molar-refractivity contribution >= 4 is 18.0 Å². The second-order valence-electron chi connectivity index (χ2n) is 7.03. The van der Waals surface area contributed by atoms with Crippen LogP contribution in [0.4, 0.5) is 0 Å². The van der Waals surface area contributed by atoms with Crippen molar-refractivity contribution in [2.75, 3.05) is 0 Å². The zero-order chi connectivity index (χ0) is 15.8. The SMILES string of the molecule is CC(C)(C)P(Cc1ccc(S(=O)(=O)[O-])cc1)C(C)(C)C.[Na+]. The van der Waals surface area contributed by atoms with Gasteiger partial charge >= 0.3 is 29.6 Å². The number of hydrogen-bond donors (Lipinski definition) is 0. The van der Waals surface area contributed by atoms with E-state index in [1.54, 1.807) is 12.1 Å². The fourth-order valence-corrected chi connectivity index (χ4v) is 6.43. The van der Waals surface area contributed by atoms with Gasteiger partial charge in [-0.05, 0) is 34.2 Å². The van der Waals surface area contributed by atoms with Crippen molar-refractivity contribution in [3.8, 4) is 0 Å². The van der Waals surface area contributed by atoms with Crippen LogP contribution in [0.1, 0.15) is 47.1 Å². The molecule has 0 heterocycles. The average molecular weight is 338 g/mol. The normalized spacial score (nSPS) is 13.1. The van der Waals surface area contributed by atoms with Gasteiger partial charge < -0.3 is 4.55 Å². The Hall–Kier alpha value is 0.560. The minimum atomic E-state index is -4.35. The first-order valence-electron chi connectivity index (χ1n) is 6.64. The topological polar surface area (TPSA) is 57.2 Å². The van der Waals surface area contributed by atoms with E-state index in [4.69, 9.17) is 0 Å². The molecule has 0 aliphatic carbocycles. The summed E-state index contributed by atoms with van der Waals surface area (Å²) < 4.78 is 32.8. The summed E-state index contributed by atoms with van der Waals surface area (Å²) in [6.07, 6.45) is 0.932. The van der Waals surface area contributed by atoms with E-state index >= 15 is 0 Å². The van der Waals surface area contributed by atoms with Crippen LogP contribution in [0.2, 0.25) is 0 Å². The van der Waals surface area contributed by atoms with Crippen molar-refractivity contribution in [2.24, 2.45) is 0 Å². The van der Waals surface area contributed by atoms with Crippen molar-refractivity contribution in [1.82, 2.24) is 0 Å². The van der Waals surface area contributed by atoms with E-state index in [0.29, 0.717) is 0 Å². The molecule has 0 fully saturated rings. The summed E-state index contributed by atoms with van der Waals surface area (Å²) in [5.41, 5.74) is 1.09. The minimum Gasteiger partial charge on any atom is -0.744 e. The van der Waals surface area contributed by atoms with Gasteiger partial charge in [0.1, 0.15) is 10.1 Å². The summed E-state index contributed by atoms with van der Waals surface area (Å²) in [6.45, 7) is 13.5. The van der Waals surface area contributed by atoms with Crippen LogP contribution in [0.25, 0.3) is 0 Å². The van der Waals surface area contributed by atoms with E-state index in [1.165, 1.54) is 12.1 Å². The molecule has 0 N–H and O–H groups in total. The Morgan fingerprint density at radius 2 is 1.33 bits per heavy atom. The fourth-order valence-electron chi connectivity index (χ4n) is 2.42. The molecule has 114 valence electrons. The summed E-state index contributed by atoms with van der Waals surface area (Å²) in [4.78, 5) is -0.155. The zero-order valence-electron chi connectivity index (χ0n) is 14.1. The van der Waals surface area contributed by atoms with Gasteiger partial charge in [-0.2, -0.15) is 0 Å². The molecule has 0 bridgehead atoms. The van der Waals surface area contributed by atoms with Gasteiger partial charge in [-0.25, -0.2) is 8.42 Å². The third-order valence-electron chi connectivity index (χ3n) is 3.17. The van der Waals surface area contributed by atoms with Gasteiger partial charge in [0.25, 0.3) is 0 Å². The van der Waals surface area contributed by atoms with Crippen LogP contribution in [-0.4, -0.2) is 23.3 Å². The molecule has 0 unspecified atom stereocenters.